The van der Waals surface area contributed by atoms with E-state index in [0.29, 0.717) is 11.5 Å². The Labute approximate surface area is 111 Å². The number of nitrogens with two attached hydrogens (primary N) is 1. The van der Waals surface area contributed by atoms with Crippen LogP contribution in [0.25, 0.3) is 0 Å². The lowest BCUT2D eigenvalue weighted by molar-refractivity contribution is -0.0362. The van der Waals surface area contributed by atoms with Crippen LogP contribution in [-0.4, -0.2) is 29.0 Å². The van der Waals surface area contributed by atoms with E-state index in [9.17, 15) is 8.78 Å². The van der Waals surface area contributed by atoms with Gasteiger partial charge in [0.25, 0.3) is 5.92 Å². The summed E-state index contributed by atoms with van der Waals surface area (Å²) in [6, 6.07) is 7.69. The van der Waals surface area contributed by atoms with Crippen molar-refractivity contribution in [2.24, 2.45) is 5.73 Å². The Bertz CT molecular complexity index is 422. The molecule has 98 valence electrons. The molecule has 1 fully saturated rings. The first-order valence-corrected chi connectivity index (χ1v) is 6.38. The molecule has 0 saturated carbocycles. The van der Waals surface area contributed by atoms with Gasteiger partial charge in [0.05, 0.1) is 17.6 Å². The quantitative estimate of drug-likeness (QED) is 0.853. The van der Waals surface area contributed by atoms with Gasteiger partial charge in [-0.25, -0.2) is 0 Å². The van der Waals surface area contributed by atoms with Crippen molar-refractivity contribution in [1.29, 1.82) is 0 Å². The monoisotopic (exact) mass is 270 g/mol. The molecule has 5 heteroatoms. The average Bonchev–Trinajstić information content (AvgIpc) is 2.78. The van der Waals surface area contributed by atoms with Gasteiger partial charge in [-0.2, -0.15) is 8.78 Å². The number of alkyl halides is 2. The summed E-state index contributed by atoms with van der Waals surface area (Å²) in [5.41, 5.74) is 5.63. The second-order valence-corrected chi connectivity index (χ2v) is 5.07. The van der Waals surface area contributed by atoms with E-state index in [-0.39, 0.29) is 18.2 Å². The summed E-state index contributed by atoms with van der Waals surface area (Å²) >= 11 is 4.93. The molecular formula is C13H16F2N2S. The van der Waals surface area contributed by atoms with Gasteiger partial charge in [-0.3, -0.25) is 4.90 Å². The third-order valence-electron chi connectivity index (χ3n) is 3.29. The summed E-state index contributed by atoms with van der Waals surface area (Å²) in [7, 11) is 0. The van der Waals surface area contributed by atoms with Gasteiger partial charge in [0.15, 0.2) is 0 Å². The maximum atomic E-state index is 14.1. The van der Waals surface area contributed by atoms with E-state index >= 15 is 0 Å². The summed E-state index contributed by atoms with van der Waals surface area (Å²) in [4.78, 5) is 2.01. The number of halogens is 2. The highest BCUT2D eigenvalue weighted by Gasteiger charge is 2.38. The summed E-state index contributed by atoms with van der Waals surface area (Å²) < 4.78 is 28.2. The smallest absolute Gasteiger partial charge is 0.285 e. The van der Waals surface area contributed by atoms with Gasteiger partial charge in [0.2, 0.25) is 0 Å². The maximum absolute atomic E-state index is 14.1. The third kappa shape index (κ3) is 2.84. The molecule has 2 rings (SSSR count). The van der Waals surface area contributed by atoms with Crippen LogP contribution in [0.5, 0.6) is 0 Å². The highest BCUT2D eigenvalue weighted by molar-refractivity contribution is 7.80. The molecule has 1 aromatic carbocycles. The van der Waals surface area contributed by atoms with Gasteiger partial charge in [0, 0.05) is 5.56 Å². The molecule has 0 aromatic heterocycles. The Kier molecular flexibility index (Phi) is 3.92. The van der Waals surface area contributed by atoms with Crippen molar-refractivity contribution >= 4 is 17.2 Å². The Morgan fingerprint density at radius 1 is 1.39 bits per heavy atom. The van der Waals surface area contributed by atoms with Crippen LogP contribution in [0.3, 0.4) is 0 Å². The van der Waals surface area contributed by atoms with Crippen LogP contribution in [0, 0.1) is 0 Å². The van der Waals surface area contributed by atoms with Crippen LogP contribution < -0.4 is 5.73 Å². The maximum Gasteiger partial charge on any atom is 0.285 e. The van der Waals surface area contributed by atoms with E-state index in [4.69, 9.17) is 18.0 Å². The predicted octanol–water partition coefficient (Wildman–Crippen LogP) is 2.53. The number of nitrogens with zero attached hydrogens (tertiary/aromatic N) is 1. The third-order valence-corrected chi connectivity index (χ3v) is 3.56. The highest BCUT2D eigenvalue weighted by atomic mass is 32.1. The zero-order valence-electron chi connectivity index (χ0n) is 9.98. The van der Waals surface area contributed by atoms with Crippen LogP contribution >= 0.6 is 12.2 Å². The van der Waals surface area contributed by atoms with Crippen LogP contribution in [-0.2, 0) is 5.92 Å². The van der Waals surface area contributed by atoms with Crippen molar-refractivity contribution in [3.8, 4) is 0 Å². The molecule has 1 saturated heterocycles. The van der Waals surface area contributed by atoms with Crippen molar-refractivity contribution in [2.75, 3.05) is 13.1 Å². The number of hydrogen-bond donors (Lipinski definition) is 1. The number of likely N-dealkylation sites (tertiary alicyclic amines) is 1. The Morgan fingerprint density at radius 2 is 2.06 bits per heavy atom. The molecule has 1 atom stereocenters. The SMILES string of the molecule is NC(=S)C1CCCN1CC(F)(F)c1ccccc1. The molecule has 2 N–H and O–H groups in total. The minimum Gasteiger partial charge on any atom is -0.392 e. The van der Waals surface area contributed by atoms with Gasteiger partial charge in [0.1, 0.15) is 0 Å². The number of rotatable bonds is 4. The molecule has 0 amide bonds. The second-order valence-electron chi connectivity index (χ2n) is 4.60. The molecule has 0 aliphatic carbocycles. The summed E-state index contributed by atoms with van der Waals surface area (Å²) in [5.74, 6) is -2.87. The zero-order chi connectivity index (χ0) is 13.2. The first kappa shape index (κ1) is 13.4. The lowest BCUT2D eigenvalue weighted by Crippen LogP contribution is -2.44. The van der Waals surface area contributed by atoms with E-state index in [0.717, 1.165) is 12.8 Å². The molecule has 0 radical (unpaired) electrons. The van der Waals surface area contributed by atoms with E-state index < -0.39 is 5.92 Å². The first-order valence-electron chi connectivity index (χ1n) is 5.97. The second kappa shape index (κ2) is 5.28. The number of thiocarbonyl (C=S) groups is 1. The average molecular weight is 270 g/mol. The number of benzene rings is 1. The highest BCUT2D eigenvalue weighted by Crippen LogP contribution is 2.31. The normalized spacial score (nSPS) is 21.1. The van der Waals surface area contributed by atoms with E-state index in [1.807, 2.05) is 0 Å². The molecule has 0 bridgehead atoms. The zero-order valence-corrected chi connectivity index (χ0v) is 10.8. The van der Waals surface area contributed by atoms with Gasteiger partial charge < -0.3 is 5.73 Å². The minimum atomic E-state index is -2.87. The van der Waals surface area contributed by atoms with E-state index in [1.165, 1.54) is 12.1 Å². The topological polar surface area (TPSA) is 29.3 Å². The van der Waals surface area contributed by atoms with Crippen molar-refractivity contribution in [3.63, 3.8) is 0 Å². The van der Waals surface area contributed by atoms with Crippen LogP contribution in [0.2, 0.25) is 0 Å². The first-order chi connectivity index (χ1) is 8.50. The van der Waals surface area contributed by atoms with Gasteiger partial charge >= 0.3 is 0 Å². The number of hydrogen-bond acceptors (Lipinski definition) is 2. The van der Waals surface area contributed by atoms with Crippen molar-refractivity contribution in [1.82, 2.24) is 4.90 Å². The lowest BCUT2D eigenvalue weighted by Gasteiger charge is -2.28. The van der Waals surface area contributed by atoms with Crippen LogP contribution in [0.1, 0.15) is 18.4 Å². The largest absolute Gasteiger partial charge is 0.392 e. The predicted molar refractivity (Wildman–Crippen MR) is 71.7 cm³/mol. The van der Waals surface area contributed by atoms with Crippen LogP contribution in [0.15, 0.2) is 30.3 Å². The Hall–Kier alpha value is -1.07. The molecule has 1 aromatic rings. The lowest BCUT2D eigenvalue weighted by atomic mass is 10.1. The minimum absolute atomic E-state index is 0.0404. The molecule has 2 nitrogen and oxygen atoms in total. The molecule has 18 heavy (non-hydrogen) atoms. The van der Waals surface area contributed by atoms with Gasteiger partial charge in [-0.15, -0.1) is 0 Å². The van der Waals surface area contributed by atoms with Crippen molar-refractivity contribution < 1.29 is 8.78 Å². The molecule has 0 spiro atoms. The summed E-state index contributed by atoms with van der Waals surface area (Å²) in [6.07, 6.45) is 1.65. The fraction of sp³-hybridized carbons (Fsp3) is 0.462. The fourth-order valence-electron chi connectivity index (χ4n) is 2.37. The Morgan fingerprint density at radius 3 is 2.67 bits per heavy atom. The van der Waals surface area contributed by atoms with E-state index in [2.05, 4.69) is 0 Å². The van der Waals surface area contributed by atoms with E-state index in [1.54, 1.807) is 23.1 Å². The van der Waals surface area contributed by atoms with Gasteiger partial charge in [-0.1, -0.05) is 42.5 Å². The Balaban J connectivity index is 2.11. The van der Waals surface area contributed by atoms with Gasteiger partial charge in [-0.05, 0) is 19.4 Å². The molecule has 1 aliphatic rings. The van der Waals surface area contributed by atoms with Crippen molar-refractivity contribution in [3.05, 3.63) is 35.9 Å². The summed E-state index contributed by atoms with van der Waals surface area (Å²) in [5, 5.41) is 0. The molecule has 1 aliphatic heterocycles. The molecule has 1 unspecified atom stereocenters. The van der Waals surface area contributed by atoms with Crippen molar-refractivity contribution in [2.45, 2.75) is 24.8 Å². The fourth-order valence-corrected chi connectivity index (χ4v) is 2.63. The van der Waals surface area contributed by atoms with Crippen LogP contribution in [0.4, 0.5) is 8.78 Å². The molecule has 1 heterocycles. The standard InChI is InChI=1S/C13H16F2N2S/c14-13(15,10-5-2-1-3-6-10)9-17-8-4-7-11(17)12(16)18/h1-3,5-6,11H,4,7-9H2,(H2,16,18). The molecular weight excluding hydrogens is 254 g/mol. The summed E-state index contributed by atoms with van der Waals surface area (Å²) in [6.45, 7) is 0.309.